The van der Waals surface area contributed by atoms with Crippen LogP contribution in [-0.2, 0) is 9.47 Å². The summed E-state index contributed by atoms with van der Waals surface area (Å²) in [6.45, 7) is 5.36. The molecule has 0 amide bonds. The molecule has 0 aromatic heterocycles. The molecule has 0 saturated carbocycles. The number of likely N-dealkylation sites (N-methyl/N-ethyl adjacent to an activating group) is 1. The third kappa shape index (κ3) is 1.25. The van der Waals surface area contributed by atoms with Crippen molar-refractivity contribution in [2.45, 2.75) is 5.66 Å². The minimum Gasteiger partial charge on any atom is -0.379 e. The molecule has 2 rings (SSSR count). The third-order valence-corrected chi connectivity index (χ3v) is 2.76. The fraction of sp³-hybridized carbons (Fsp3) is 1.00. The second-order valence-electron chi connectivity index (χ2n) is 3.37. The number of hydrogen-bond donors (Lipinski definition) is 1. The van der Waals surface area contributed by atoms with Gasteiger partial charge in [0.1, 0.15) is 5.66 Å². The maximum absolute atomic E-state index is 5.30. The summed E-state index contributed by atoms with van der Waals surface area (Å²) in [5.41, 5.74) is 0.115. The van der Waals surface area contributed by atoms with E-state index in [4.69, 9.17) is 9.47 Å². The Morgan fingerprint density at radius 2 is 1.83 bits per heavy atom. The SMILES string of the molecule is CNC1(N2CCOCC2)COC1. The summed E-state index contributed by atoms with van der Waals surface area (Å²) >= 11 is 0. The highest BCUT2D eigenvalue weighted by Gasteiger charge is 2.43. The van der Waals surface area contributed by atoms with Gasteiger partial charge in [-0.05, 0) is 7.05 Å². The lowest BCUT2D eigenvalue weighted by Gasteiger charge is -2.50. The van der Waals surface area contributed by atoms with E-state index in [-0.39, 0.29) is 5.66 Å². The van der Waals surface area contributed by atoms with Crippen molar-refractivity contribution < 1.29 is 9.47 Å². The Morgan fingerprint density at radius 1 is 1.17 bits per heavy atom. The quantitative estimate of drug-likeness (QED) is 0.595. The van der Waals surface area contributed by atoms with Crippen molar-refractivity contribution in [1.29, 1.82) is 0 Å². The zero-order chi connectivity index (χ0) is 8.44. The van der Waals surface area contributed by atoms with Gasteiger partial charge in [-0.15, -0.1) is 0 Å². The van der Waals surface area contributed by atoms with Gasteiger partial charge in [0.2, 0.25) is 0 Å². The molecule has 0 aromatic carbocycles. The lowest BCUT2D eigenvalue weighted by Crippen LogP contribution is -2.71. The summed E-state index contributed by atoms with van der Waals surface area (Å²) in [6.07, 6.45) is 0. The molecule has 4 heteroatoms. The van der Waals surface area contributed by atoms with Gasteiger partial charge in [-0.3, -0.25) is 10.2 Å². The zero-order valence-corrected chi connectivity index (χ0v) is 7.51. The smallest absolute Gasteiger partial charge is 0.119 e. The fourth-order valence-electron chi connectivity index (χ4n) is 1.77. The molecule has 0 unspecified atom stereocenters. The molecule has 0 aliphatic carbocycles. The minimum absolute atomic E-state index is 0.115. The second-order valence-corrected chi connectivity index (χ2v) is 3.37. The maximum atomic E-state index is 5.30. The Balaban J connectivity index is 1.95. The molecule has 2 aliphatic heterocycles. The van der Waals surface area contributed by atoms with E-state index in [1.54, 1.807) is 0 Å². The molecule has 0 bridgehead atoms. The molecule has 1 N–H and O–H groups in total. The molecule has 2 fully saturated rings. The monoisotopic (exact) mass is 172 g/mol. The van der Waals surface area contributed by atoms with Crippen LogP contribution in [0.3, 0.4) is 0 Å². The van der Waals surface area contributed by atoms with E-state index in [1.807, 2.05) is 7.05 Å². The van der Waals surface area contributed by atoms with Crippen molar-refractivity contribution in [3.05, 3.63) is 0 Å². The predicted octanol–water partition coefficient (Wildman–Crippen LogP) is -0.735. The predicted molar refractivity (Wildman–Crippen MR) is 45.0 cm³/mol. The Bertz CT molecular complexity index is 148. The number of morpholine rings is 1. The molecule has 12 heavy (non-hydrogen) atoms. The van der Waals surface area contributed by atoms with Crippen molar-refractivity contribution in [3.8, 4) is 0 Å². The average molecular weight is 172 g/mol. The van der Waals surface area contributed by atoms with Crippen molar-refractivity contribution in [2.75, 3.05) is 46.6 Å². The fourth-order valence-corrected chi connectivity index (χ4v) is 1.77. The number of rotatable bonds is 2. The number of ether oxygens (including phenoxy) is 2. The van der Waals surface area contributed by atoms with Gasteiger partial charge < -0.3 is 9.47 Å². The van der Waals surface area contributed by atoms with Crippen molar-refractivity contribution in [3.63, 3.8) is 0 Å². The molecule has 2 aliphatic rings. The van der Waals surface area contributed by atoms with Crippen LogP contribution < -0.4 is 5.32 Å². The maximum Gasteiger partial charge on any atom is 0.119 e. The van der Waals surface area contributed by atoms with Gasteiger partial charge in [0.15, 0.2) is 0 Å². The van der Waals surface area contributed by atoms with E-state index in [2.05, 4.69) is 10.2 Å². The molecular formula is C8H16N2O2. The summed E-state index contributed by atoms with van der Waals surface area (Å²) in [6, 6.07) is 0. The number of nitrogens with zero attached hydrogens (tertiary/aromatic N) is 1. The van der Waals surface area contributed by atoms with Crippen LogP contribution in [0.15, 0.2) is 0 Å². The highest BCUT2D eigenvalue weighted by molar-refractivity contribution is 4.93. The first-order valence-electron chi connectivity index (χ1n) is 4.47. The molecule has 0 aromatic rings. The van der Waals surface area contributed by atoms with Gasteiger partial charge in [-0.2, -0.15) is 0 Å². The van der Waals surface area contributed by atoms with Crippen LogP contribution in [0.2, 0.25) is 0 Å². The van der Waals surface area contributed by atoms with E-state index in [0.29, 0.717) is 0 Å². The van der Waals surface area contributed by atoms with Crippen LogP contribution in [0.25, 0.3) is 0 Å². The Morgan fingerprint density at radius 3 is 2.25 bits per heavy atom. The van der Waals surface area contributed by atoms with Crippen LogP contribution in [0.1, 0.15) is 0 Å². The van der Waals surface area contributed by atoms with Crippen LogP contribution >= 0.6 is 0 Å². The lowest BCUT2D eigenvalue weighted by atomic mass is 10.1. The Kier molecular flexibility index (Phi) is 2.32. The van der Waals surface area contributed by atoms with E-state index in [9.17, 15) is 0 Å². The average Bonchev–Trinajstić information content (AvgIpc) is 2.05. The van der Waals surface area contributed by atoms with Crippen LogP contribution in [-0.4, -0.2) is 57.1 Å². The summed E-state index contributed by atoms with van der Waals surface area (Å²) in [5.74, 6) is 0. The third-order valence-electron chi connectivity index (χ3n) is 2.76. The summed E-state index contributed by atoms with van der Waals surface area (Å²) in [7, 11) is 2.00. The second kappa shape index (κ2) is 3.30. The number of hydrogen-bond acceptors (Lipinski definition) is 4. The zero-order valence-electron chi connectivity index (χ0n) is 7.51. The van der Waals surface area contributed by atoms with Gasteiger partial charge in [0, 0.05) is 13.1 Å². The van der Waals surface area contributed by atoms with E-state index in [1.165, 1.54) is 0 Å². The van der Waals surface area contributed by atoms with E-state index >= 15 is 0 Å². The number of nitrogens with one attached hydrogen (secondary N) is 1. The molecule has 0 atom stereocenters. The molecule has 70 valence electrons. The molecule has 0 radical (unpaired) electrons. The van der Waals surface area contributed by atoms with Crippen LogP contribution in [0, 0.1) is 0 Å². The van der Waals surface area contributed by atoms with Gasteiger partial charge in [0.05, 0.1) is 26.4 Å². The highest BCUT2D eigenvalue weighted by Crippen LogP contribution is 2.22. The Hall–Kier alpha value is -0.160. The van der Waals surface area contributed by atoms with Crippen molar-refractivity contribution in [2.24, 2.45) is 0 Å². The molecular weight excluding hydrogens is 156 g/mol. The lowest BCUT2D eigenvalue weighted by molar-refractivity contribution is -0.173. The largest absolute Gasteiger partial charge is 0.379 e. The first kappa shape index (κ1) is 8.44. The minimum atomic E-state index is 0.115. The summed E-state index contributed by atoms with van der Waals surface area (Å²) in [5, 5.41) is 3.33. The summed E-state index contributed by atoms with van der Waals surface area (Å²) < 4.78 is 10.5. The first-order valence-corrected chi connectivity index (χ1v) is 4.47. The molecule has 4 nitrogen and oxygen atoms in total. The van der Waals surface area contributed by atoms with Gasteiger partial charge >= 0.3 is 0 Å². The van der Waals surface area contributed by atoms with E-state index in [0.717, 1.165) is 39.5 Å². The van der Waals surface area contributed by atoms with Gasteiger partial charge in [-0.25, -0.2) is 0 Å². The van der Waals surface area contributed by atoms with Crippen molar-refractivity contribution in [1.82, 2.24) is 10.2 Å². The topological polar surface area (TPSA) is 33.7 Å². The Labute approximate surface area is 72.8 Å². The first-order chi connectivity index (χ1) is 5.87. The van der Waals surface area contributed by atoms with Crippen molar-refractivity contribution >= 4 is 0 Å². The van der Waals surface area contributed by atoms with Crippen LogP contribution in [0.5, 0.6) is 0 Å². The van der Waals surface area contributed by atoms with Gasteiger partial charge in [-0.1, -0.05) is 0 Å². The summed E-state index contributed by atoms with van der Waals surface area (Å²) in [4.78, 5) is 2.42. The normalized spacial score (nSPS) is 29.8. The molecule has 2 saturated heterocycles. The molecule has 2 heterocycles. The highest BCUT2D eigenvalue weighted by atomic mass is 16.5. The van der Waals surface area contributed by atoms with E-state index < -0.39 is 0 Å². The van der Waals surface area contributed by atoms with Crippen LogP contribution in [0.4, 0.5) is 0 Å². The standard InChI is InChI=1S/C8H16N2O2/c1-9-8(6-12-7-8)10-2-4-11-5-3-10/h9H,2-7H2,1H3. The van der Waals surface area contributed by atoms with Gasteiger partial charge in [0.25, 0.3) is 0 Å². The molecule has 0 spiro atoms.